The highest BCUT2D eigenvalue weighted by Crippen LogP contribution is 2.20. The molecule has 0 aliphatic carbocycles. The molecule has 2 aromatic rings. The molecule has 2 aromatic carbocycles. The van der Waals surface area contributed by atoms with Gasteiger partial charge in [0.1, 0.15) is 0 Å². The lowest BCUT2D eigenvalue weighted by Gasteiger charge is -2.31. The molecule has 0 saturated heterocycles. The zero-order valence-electron chi connectivity index (χ0n) is 14.1. The van der Waals surface area contributed by atoms with Crippen LogP contribution in [-0.2, 0) is 11.2 Å². The SMILES string of the molecule is CC(C)CC(C)(CN)NC(=O)Cc1cccc2ccccc12.Cl. The van der Waals surface area contributed by atoms with Gasteiger partial charge in [-0.25, -0.2) is 0 Å². The Labute approximate surface area is 145 Å². The van der Waals surface area contributed by atoms with Crippen LogP contribution in [0.5, 0.6) is 0 Å². The summed E-state index contributed by atoms with van der Waals surface area (Å²) < 4.78 is 0. The van der Waals surface area contributed by atoms with Gasteiger partial charge in [-0.3, -0.25) is 4.79 Å². The number of fused-ring (bicyclic) bond motifs is 1. The highest BCUT2D eigenvalue weighted by Gasteiger charge is 2.25. The van der Waals surface area contributed by atoms with Gasteiger partial charge in [-0.05, 0) is 35.6 Å². The van der Waals surface area contributed by atoms with Gasteiger partial charge in [0.2, 0.25) is 5.91 Å². The first-order valence-electron chi connectivity index (χ1n) is 7.91. The third kappa shape index (κ3) is 5.22. The normalized spacial score (nSPS) is 13.4. The minimum atomic E-state index is -0.337. The molecule has 1 unspecified atom stereocenters. The Balaban J connectivity index is 0.00000264. The van der Waals surface area contributed by atoms with E-state index in [4.69, 9.17) is 5.73 Å². The fourth-order valence-corrected chi connectivity index (χ4v) is 3.09. The van der Waals surface area contributed by atoms with Crippen LogP contribution in [0.3, 0.4) is 0 Å². The van der Waals surface area contributed by atoms with Gasteiger partial charge < -0.3 is 11.1 Å². The van der Waals surface area contributed by atoms with Gasteiger partial charge in [-0.2, -0.15) is 0 Å². The molecule has 23 heavy (non-hydrogen) atoms. The third-order valence-corrected chi connectivity index (χ3v) is 3.98. The Morgan fingerprint density at radius 2 is 1.83 bits per heavy atom. The maximum absolute atomic E-state index is 12.4. The summed E-state index contributed by atoms with van der Waals surface area (Å²) in [7, 11) is 0. The quantitative estimate of drug-likeness (QED) is 0.846. The van der Waals surface area contributed by atoms with E-state index in [1.54, 1.807) is 0 Å². The number of hydrogen-bond donors (Lipinski definition) is 2. The number of benzene rings is 2. The second-order valence-corrected chi connectivity index (χ2v) is 6.73. The molecule has 0 saturated carbocycles. The van der Waals surface area contributed by atoms with Crippen LogP contribution in [0, 0.1) is 5.92 Å². The van der Waals surface area contributed by atoms with Crippen molar-refractivity contribution in [3.8, 4) is 0 Å². The van der Waals surface area contributed by atoms with Crippen molar-refractivity contribution in [2.45, 2.75) is 39.2 Å². The van der Waals surface area contributed by atoms with E-state index in [1.807, 2.05) is 31.2 Å². The van der Waals surface area contributed by atoms with E-state index in [2.05, 4.69) is 37.4 Å². The monoisotopic (exact) mass is 334 g/mol. The van der Waals surface area contributed by atoms with E-state index in [0.717, 1.165) is 22.8 Å². The van der Waals surface area contributed by atoms with E-state index in [9.17, 15) is 4.79 Å². The lowest BCUT2D eigenvalue weighted by Crippen LogP contribution is -2.52. The first-order chi connectivity index (χ1) is 10.4. The summed E-state index contributed by atoms with van der Waals surface area (Å²) in [4.78, 5) is 12.4. The van der Waals surface area contributed by atoms with Crippen molar-refractivity contribution in [2.24, 2.45) is 11.7 Å². The minimum absolute atomic E-state index is 0. The number of amides is 1. The van der Waals surface area contributed by atoms with Crippen LogP contribution < -0.4 is 11.1 Å². The molecule has 0 aliphatic rings. The smallest absolute Gasteiger partial charge is 0.224 e. The number of nitrogens with one attached hydrogen (secondary N) is 1. The Morgan fingerprint density at radius 1 is 1.17 bits per heavy atom. The molecular formula is C19H27ClN2O. The fraction of sp³-hybridized carbons (Fsp3) is 0.421. The second kappa shape index (κ2) is 8.32. The number of nitrogens with two attached hydrogens (primary N) is 1. The highest BCUT2D eigenvalue weighted by atomic mass is 35.5. The first-order valence-corrected chi connectivity index (χ1v) is 7.91. The summed E-state index contributed by atoms with van der Waals surface area (Å²) in [5, 5.41) is 5.42. The van der Waals surface area contributed by atoms with E-state index in [-0.39, 0.29) is 23.9 Å². The van der Waals surface area contributed by atoms with E-state index in [0.29, 0.717) is 18.9 Å². The van der Waals surface area contributed by atoms with Crippen molar-refractivity contribution in [2.75, 3.05) is 6.54 Å². The zero-order valence-corrected chi connectivity index (χ0v) is 15.0. The van der Waals surface area contributed by atoms with Crippen LogP contribution in [0.15, 0.2) is 42.5 Å². The minimum Gasteiger partial charge on any atom is -0.349 e. The van der Waals surface area contributed by atoms with E-state index in [1.165, 1.54) is 0 Å². The molecule has 0 heterocycles. The van der Waals surface area contributed by atoms with E-state index < -0.39 is 0 Å². The molecule has 1 amide bonds. The van der Waals surface area contributed by atoms with Crippen molar-refractivity contribution >= 4 is 29.1 Å². The van der Waals surface area contributed by atoms with Gasteiger partial charge in [0, 0.05) is 12.1 Å². The Kier molecular flexibility index (Phi) is 7.04. The molecule has 126 valence electrons. The van der Waals surface area contributed by atoms with Gasteiger partial charge in [-0.15, -0.1) is 12.4 Å². The van der Waals surface area contributed by atoms with Crippen molar-refractivity contribution in [1.82, 2.24) is 5.32 Å². The lowest BCUT2D eigenvalue weighted by atomic mass is 9.90. The van der Waals surface area contributed by atoms with E-state index >= 15 is 0 Å². The standard InChI is InChI=1S/C19H26N2O.ClH/c1-14(2)12-19(3,13-20)21-18(22)11-16-9-6-8-15-7-4-5-10-17(15)16;/h4-10,14H,11-13,20H2,1-3H3,(H,21,22);1H. The number of carbonyl (C=O) groups excluding carboxylic acids is 1. The fourth-order valence-electron chi connectivity index (χ4n) is 3.09. The molecule has 0 spiro atoms. The van der Waals surface area contributed by atoms with Crippen LogP contribution in [0.1, 0.15) is 32.8 Å². The van der Waals surface area contributed by atoms with Crippen molar-refractivity contribution in [1.29, 1.82) is 0 Å². The van der Waals surface area contributed by atoms with Crippen molar-refractivity contribution in [3.05, 3.63) is 48.0 Å². The van der Waals surface area contributed by atoms with Gasteiger partial charge in [-0.1, -0.05) is 56.3 Å². The van der Waals surface area contributed by atoms with Crippen molar-refractivity contribution < 1.29 is 4.79 Å². The molecule has 0 radical (unpaired) electrons. The maximum Gasteiger partial charge on any atom is 0.224 e. The molecule has 3 N–H and O–H groups in total. The Bertz CT molecular complexity index is 651. The van der Waals surface area contributed by atoms with Gasteiger partial charge in [0.25, 0.3) is 0 Å². The predicted octanol–water partition coefficient (Wildman–Crippen LogP) is 3.68. The summed E-state index contributed by atoms with van der Waals surface area (Å²) in [6, 6.07) is 14.2. The molecule has 3 nitrogen and oxygen atoms in total. The molecule has 0 fully saturated rings. The largest absolute Gasteiger partial charge is 0.349 e. The topological polar surface area (TPSA) is 55.1 Å². The molecule has 2 rings (SSSR count). The summed E-state index contributed by atoms with van der Waals surface area (Å²) in [5.41, 5.74) is 6.59. The number of halogens is 1. The number of carbonyl (C=O) groups is 1. The summed E-state index contributed by atoms with van der Waals surface area (Å²) in [6.45, 7) is 6.76. The Morgan fingerprint density at radius 3 is 2.48 bits per heavy atom. The molecule has 0 aliphatic heterocycles. The van der Waals surface area contributed by atoms with Crippen LogP contribution in [-0.4, -0.2) is 18.0 Å². The van der Waals surface area contributed by atoms with Gasteiger partial charge >= 0.3 is 0 Å². The van der Waals surface area contributed by atoms with Crippen LogP contribution in [0.4, 0.5) is 0 Å². The Hall–Kier alpha value is -1.58. The van der Waals surface area contributed by atoms with Crippen molar-refractivity contribution in [3.63, 3.8) is 0 Å². The lowest BCUT2D eigenvalue weighted by molar-refractivity contribution is -0.122. The molecular weight excluding hydrogens is 308 g/mol. The average Bonchev–Trinajstić information content (AvgIpc) is 2.46. The predicted molar refractivity (Wildman–Crippen MR) is 100.0 cm³/mol. The zero-order chi connectivity index (χ0) is 16.2. The summed E-state index contributed by atoms with van der Waals surface area (Å²) in [5.74, 6) is 0.524. The summed E-state index contributed by atoms with van der Waals surface area (Å²) >= 11 is 0. The first kappa shape index (κ1) is 19.5. The van der Waals surface area contributed by atoms with Gasteiger partial charge in [0.05, 0.1) is 6.42 Å². The van der Waals surface area contributed by atoms with Crippen LogP contribution in [0.25, 0.3) is 10.8 Å². The molecule has 1 atom stereocenters. The summed E-state index contributed by atoms with van der Waals surface area (Å²) in [6.07, 6.45) is 1.26. The highest BCUT2D eigenvalue weighted by molar-refractivity contribution is 5.90. The molecule has 0 bridgehead atoms. The van der Waals surface area contributed by atoms with Gasteiger partial charge in [0.15, 0.2) is 0 Å². The molecule has 0 aromatic heterocycles. The van der Waals surface area contributed by atoms with Crippen LogP contribution in [0.2, 0.25) is 0 Å². The maximum atomic E-state index is 12.4. The average molecular weight is 335 g/mol. The molecule has 4 heteroatoms. The third-order valence-electron chi connectivity index (χ3n) is 3.98. The second-order valence-electron chi connectivity index (χ2n) is 6.73. The van der Waals surface area contributed by atoms with Crippen LogP contribution >= 0.6 is 12.4 Å². The number of rotatable bonds is 6. The number of hydrogen-bond acceptors (Lipinski definition) is 2.